The third kappa shape index (κ3) is 3.65. The fraction of sp³-hybridized carbons (Fsp3) is 0.133. The Hall–Kier alpha value is -2.69. The zero-order valence-electron chi connectivity index (χ0n) is 11.3. The average molecular weight is 273 g/mol. The normalized spacial score (nSPS) is 10.5. The number of carbonyl (C=O) groups excluding carboxylic acids is 1. The van der Waals surface area contributed by atoms with E-state index in [0.29, 0.717) is 22.9 Å². The van der Waals surface area contributed by atoms with Gasteiger partial charge < -0.3 is 19.2 Å². The van der Waals surface area contributed by atoms with Gasteiger partial charge in [-0.2, -0.15) is 0 Å². The van der Waals surface area contributed by atoms with Crippen molar-refractivity contribution in [3.05, 3.63) is 48.4 Å². The van der Waals surface area contributed by atoms with Crippen LogP contribution in [0.15, 0.2) is 47.1 Å². The van der Waals surface area contributed by atoms with Crippen LogP contribution in [0.2, 0.25) is 0 Å². The third-order valence-corrected chi connectivity index (χ3v) is 2.56. The second-order valence-electron chi connectivity index (χ2n) is 3.94. The van der Waals surface area contributed by atoms with Crippen LogP contribution < -0.4 is 14.8 Å². The lowest BCUT2D eigenvalue weighted by Gasteiger charge is -2.08. The Bertz CT molecular complexity index is 580. The zero-order valence-corrected chi connectivity index (χ0v) is 11.3. The second kappa shape index (κ2) is 6.47. The Kier molecular flexibility index (Phi) is 4.44. The van der Waals surface area contributed by atoms with Gasteiger partial charge in [-0.3, -0.25) is 4.79 Å². The minimum absolute atomic E-state index is 0.267. The minimum Gasteiger partial charge on any atom is -0.497 e. The van der Waals surface area contributed by atoms with E-state index < -0.39 is 0 Å². The van der Waals surface area contributed by atoms with Crippen LogP contribution in [0.1, 0.15) is 5.76 Å². The Labute approximate surface area is 116 Å². The van der Waals surface area contributed by atoms with E-state index in [4.69, 9.17) is 13.9 Å². The van der Waals surface area contributed by atoms with Crippen molar-refractivity contribution >= 4 is 17.7 Å². The van der Waals surface area contributed by atoms with Crippen molar-refractivity contribution in [2.24, 2.45) is 0 Å². The van der Waals surface area contributed by atoms with Crippen molar-refractivity contribution < 1.29 is 18.7 Å². The monoisotopic (exact) mass is 273 g/mol. The molecule has 1 aromatic carbocycles. The molecule has 0 unspecified atom stereocenters. The molecular weight excluding hydrogens is 258 g/mol. The molecular formula is C15H15NO4. The van der Waals surface area contributed by atoms with Crippen LogP contribution in [0.5, 0.6) is 11.5 Å². The Morgan fingerprint density at radius 2 is 1.90 bits per heavy atom. The maximum absolute atomic E-state index is 11.8. The summed E-state index contributed by atoms with van der Waals surface area (Å²) in [4.78, 5) is 11.8. The van der Waals surface area contributed by atoms with Crippen LogP contribution in [0.3, 0.4) is 0 Å². The molecule has 0 aliphatic rings. The first-order chi connectivity index (χ1) is 9.71. The number of ether oxygens (including phenoxy) is 2. The molecule has 1 amide bonds. The predicted octanol–water partition coefficient (Wildman–Crippen LogP) is 2.95. The molecule has 5 heteroatoms. The molecule has 0 bridgehead atoms. The largest absolute Gasteiger partial charge is 0.497 e. The maximum atomic E-state index is 11.8. The number of amides is 1. The number of hydrogen-bond donors (Lipinski definition) is 1. The number of rotatable bonds is 5. The van der Waals surface area contributed by atoms with Gasteiger partial charge in [0.15, 0.2) is 0 Å². The van der Waals surface area contributed by atoms with E-state index in [2.05, 4.69) is 5.32 Å². The van der Waals surface area contributed by atoms with Gasteiger partial charge in [0.05, 0.1) is 20.5 Å². The molecule has 0 spiro atoms. The van der Waals surface area contributed by atoms with Gasteiger partial charge in [-0.15, -0.1) is 0 Å². The highest BCUT2D eigenvalue weighted by Crippen LogP contribution is 2.25. The summed E-state index contributed by atoms with van der Waals surface area (Å²) in [5, 5.41) is 2.73. The molecule has 0 aliphatic heterocycles. The average Bonchev–Trinajstić information content (AvgIpc) is 2.98. The smallest absolute Gasteiger partial charge is 0.248 e. The number of methoxy groups -OCH3 is 2. The molecule has 104 valence electrons. The van der Waals surface area contributed by atoms with Crippen LogP contribution in [0, 0.1) is 0 Å². The lowest BCUT2D eigenvalue weighted by atomic mass is 10.2. The van der Waals surface area contributed by atoms with E-state index in [0.717, 1.165) is 0 Å². The summed E-state index contributed by atoms with van der Waals surface area (Å²) < 4.78 is 15.4. The summed E-state index contributed by atoms with van der Waals surface area (Å²) in [7, 11) is 3.11. The van der Waals surface area contributed by atoms with Gasteiger partial charge in [0.1, 0.15) is 17.3 Å². The Morgan fingerprint density at radius 3 is 2.45 bits per heavy atom. The molecule has 0 radical (unpaired) electrons. The number of benzene rings is 1. The number of hydrogen-bond acceptors (Lipinski definition) is 4. The zero-order chi connectivity index (χ0) is 14.4. The molecule has 2 aromatic rings. The van der Waals surface area contributed by atoms with Gasteiger partial charge in [-0.05, 0) is 18.2 Å². The quantitative estimate of drug-likeness (QED) is 0.851. The van der Waals surface area contributed by atoms with Crippen molar-refractivity contribution in [3.63, 3.8) is 0 Å². The Morgan fingerprint density at radius 1 is 1.20 bits per heavy atom. The molecule has 1 aromatic heterocycles. The molecule has 2 rings (SSSR count). The van der Waals surface area contributed by atoms with Gasteiger partial charge in [0.2, 0.25) is 5.91 Å². The molecule has 0 saturated heterocycles. The van der Waals surface area contributed by atoms with Crippen molar-refractivity contribution in [1.82, 2.24) is 0 Å². The van der Waals surface area contributed by atoms with Crippen molar-refractivity contribution in [1.29, 1.82) is 0 Å². The molecule has 0 aliphatic carbocycles. The topological polar surface area (TPSA) is 60.7 Å². The van der Waals surface area contributed by atoms with Crippen molar-refractivity contribution in [2.75, 3.05) is 19.5 Å². The van der Waals surface area contributed by atoms with E-state index in [1.807, 2.05) is 0 Å². The summed E-state index contributed by atoms with van der Waals surface area (Å²) >= 11 is 0. The molecule has 20 heavy (non-hydrogen) atoms. The van der Waals surface area contributed by atoms with E-state index in [-0.39, 0.29) is 5.91 Å². The maximum Gasteiger partial charge on any atom is 0.248 e. The highest BCUT2D eigenvalue weighted by Gasteiger charge is 2.04. The standard InChI is InChI=1S/C15H15NO4/c1-18-13-8-11(9-14(10-13)19-2)16-15(17)6-5-12-4-3-7-20-12/h3-10H,1-2H3,(H,16,17). The summed E-state index contributed by atoms with van der Waals surface area (Å²) in [6.45, 7) is 0. The second-order valence-corrected chi connectivity index (χ2v) is 3.94. The number of nitrogens with one attached hydrogen (secondary N) is 1. The number of carbonyl (C=O) groups is 1. The van der Waals surface area contributed by atoms with E-state index in [1.54, 1.807) is 56.9 Å². The molecule has 5 nitrogen and oxygen atoms in total. The molecule has 1 N–H and O–H groups in total. The van der Waals surface area contributed by atoms with Gasteiger partial charge >= 0.3 is 0 Å². The van der Waals surface area contributed by atoms with Crippen LogP contribution in [0.25, 0.3) is 6.08 Å². The first-order valence-electron chi connectivity index (χ1n) is 5.97. The first kappa shape index (κ1) is 13.7. The fourth-order valence-electron chi connectivity index (χ4n) is 1.61. The Balaban J connectivity index is 2.07. The third-order valence-electron chi connectivity index (χ3n) is 2.56. The fourth-order valence-corrected chi connectivity index (χ4v) is 1.61. The summed E-state index contributed by atoms with van der Waals surface area (Å²) in [5.41, 5.74) is 0.593. The van der Waals surface area contributed by atoms with Gasteiger partial charge in [-0.1, -0.05) is 0 Å². The van der Waals surface area contributed by atoms with Crippen molar-refractivity contribution in [2.45, 2.75) is 0 Å². The van der Waals surface area contributed by atoms with Crippen LogP contribution >= 0.6 is 0 Å². The van der Waals surface area contributed by atoms with E-state index >= 15 is 0 Å². The molecule has 0 atom stereocenters. The van der Waals surface area contributed by atoms with E-state index in [9.17, 15) is 4.79 Å². The van der Waals surface area contributed by atoms with Crippen molar-refractivity contribution in [3.8, 4) is 11.5 Å². The number of furan rings is 1. The van der Waals surface area contributed by atoms with Crippen LogP contribution in [-0.2, 0) is 4.79 Å². The molecule has 1 heterocycles. The summed E-state index contributed by atoms with van der Waals surface area (Å²) in [5.74, 6) is 1.56. The number of anilines is 1. The molecule has 0 saturated carbocycles. The van der Waals surface area contributed by atoms with Crippen LogP contribution in [0.4, 0.5) is 5.69 Å². The lowest BCUT2D eigenvalue weighted by Crippen LogP contribution is -2.08. The summed E-state index contributed by atoms with van der Waals surface area (Å²) in [6, 6.07) is 8.67. The molecule has 0 fully saturated rings. The van der Waals surface area contributed by atoms with Gasteiger partial charge in [0, 0.05) is 30.0 Å². The minimum atomic E-state index is -0.267. The SMILES string of the molecule is COc1cc(NC(=O)C=Cc2ccco2)cc(OC)c1. The predicted molar refractivity (Wildman–Crippen MR) is 75.9 cm³/mol. The van der Waals surface area contributed by atoms with E-state index in [1.165, 1.54) is 6.08 Å². The highest BCUT2D eigenvalue weighted by molar-refractivity contribution is 6.01. The summed E-state index contributed by atoms with van der Waals surface area (Å²) in [6.07, 6.45) is 4.53. The van der Waals surface area contributed by atoms with Gasteiger partial charge in [-0.25, -0.2) is 0 Å². The van der Waals surface area contributed by atoms with Crippen LogP contribution in [-0.4, -0.2) is 20.1 Å². The van der Waals surface area contributed by atoms with Gasteiger partial charge in [0.25, 0.3) is 0 Å². The first-order valence-corrected chi connectivity index (χ1v) is 5.97. The highest BCUT2D eigenvalue weighted by atomic mass is 16.5. The lowest BCUT2D eigenvalue weighted by molar-refractivity contribution is -0.111.